The first-order valence-electron chi connectivity index (χ1n) is 8.96. The Morgan fingerprint density at radius 2 is 1.91 bits per heavy atom. The molecule has 1 amide bonds. The van der Waals surface area contributed by atoms with Crippen LogP contribution in [0.15, 0.2) is 0 Å². The maximum absolute atomic E-state index is 12.7. The van der Waals surface area contributed by atoms with Gasteiger partial charge in [-0.3, -0.25) is 9.69 Å². The van der Waals surface area contributed by atoms with E-state index in [1.54, 1.807) is 0 Å². The van der Waals surface area contributed by atoms with E-state index in [0.29, 0.717) is 29.8 Å². The van der Waals surface area contributed by atoms with Gasteiger partial charge in [0, 0.05) is 43.1 Å². The van der Waals surface area contributed by atoms with E-state index in [1.807, 2.05) is 0 Å². The van der Waals surface area contributed by atoms with Gasteiger partial charge in [-0.15, -0.1) is 0 Å². The Labute approximate surface area is 135 Å². The SMILES string of the molecule is CC1CN(C(=O)C2CC23COCC(C(C)C)N(C(C)C)C3)C1. The topological polar surface area (TPSA) is 32.8 Å². The van der Waals surface area contributed by atoms with Gasteiger partial charge in [0.15, 0.2) is 0 Å². The maximum atomic E-state index is 12.7. The minimum Gasteiger partial charge on any atom is -0.379 e. The minimum absolute atomic E-state index is 0.0871. The van der Waals surface area contributed by atoms with Crippen molar-refractivity contribution in [1.82, 2.24) is 9.80 Å². The molecule has 3 rings (SSSR count). The van der Waals surface area contributed by atoms with Gasteiger partial charge in [-0.2, -0.15) is 0 Å². The molecule has 22 heavy (non-hydrogen) atoms. The fourth-order valence-electron chi connectivity index (χ4n) is 4.28. The number of rotatable bonds is 3. The van der Waals surface area contributed by atoms with Crippen molar-refractivity contribution >= 4 is 5.91 Å². The molecule has 0 aromatic carbocycles. The van der Waals surface area contributed by atoms with E-state index in [2.05, 4.69) is 44.4 Å². The van der Waals surface area contributed by atoms with Crippen molar-refractivity contribution in [3.63, 3.8) is 0 Å². The van der Waals surface area contributed by atoms with E-state index in [0.717, 1.165) is 39.3 Å². The zero-order valence-electron chi connectivity index (χ0n) is 14.8. The predicted molar refractivity (Wildman–Crippen MR) is 87.6 cm³/mol. The van der Waals surface area contributed by atoms with Crippen LogP contribution in [0, 0.1) is 23.2 Å². The van der Waals surface area contributed by atoms with E-state index in [1.165, 1.54) is 0 Å². The highest BCUT2D eigenvalue weighted by Crippen LogP contribution is 2.56. The molecule has 1 saturated carbocycles. The van der Waals surface area contributed by atoms with Crippen LogP contribution in [-0.2, 0) is 9.53 Å². The normalized spacial score (nSPS) is 36.8. The molecule has 126 valence electrons. The Balaban J connectivity index is 1.69. The largest absolute Gasteiger partial charge is 0.379 e. The van der Waals surface area contributed by atoms with Crippen LogP contribution in [0.2, 0.25) is 0 Å². The third-order valence-electron chi connectivity index (χ3n) is 5.90. The fraction of sp³-hybridized carbons (Fsp3) is 0.944. The highest BCUT2D eigenvalue weighted by Gasteiger charge is 2.61. The van der Waals surface area contributed by atoms with Crippen LogP contribution in [0.1, 0.15) is 41.0 Å². The lowest BCUT2D eigenvalue weighted by Gasteiger charge is -2.39. The van der Waals surface area contributed by atoms with Crippen LogP contribution in [-0.4, -0.2) is 60.6 Å². The van der Waals surface area contributed by atoms with Crippen molar-refractivity contribution in [2.45, 2.75) is 53.1 Å². The number of hydrogen-bond acceptors (Lipinski definition) is 3. The highest BCUT2D eigenvalue weighted by molar-refractivity contribution is 5.83. The summed E-state index contributed by atoms with van der Waals surface area (Å²) >= 11 is 0. The van der Waals surface area contributed by atoms with Gasteiger partial charge in [0.2, 0.25) is 5.91 Å². The van der Waals surface area contributed by atoms with E-state index in [9.17, 15) is 4.79 Å². The number of nitrogens with zero attached hydrogens (tertiary/aromatic N) is 2. The summed E-state index contributed by atoms with van der Waals surface area (Å²) in [6.45, 7) is 15.8. The maximum Gasteiger partial charge on any atom is 0.226 e. The molecule has 0 N–H and O–H groups in total. The molecule has 1 spiro atoms. The molecule has 2 heterocycles. The molecule has 3 unspecified atom stereocenters. The number of ether oxygens (including phenoxy) is 1. The molecule has 3 atom stereocenters. The first kappa shape index (κ1) is 16.3. The summed E-state index contributed by atoms with van der Waals surface area (Å²) in [4.78, 5) is 17.3. The number of carbonyl (C=O) groups excluding carboxylic acids is 1. The minimum atomic E-state index is 0.0871. The first-order chi connectivity index (χ1) is 10.3. The van der Waals surface area contributed by atoms with Crippen LogP contribution >= 0.6 is 0 Å². The second kappa shape index (κ2) is 5.79. The third kappa shape index (κ3) is 2.80. The number of carbonyl (C=O) groups is 1. The molecule has 3 fully saturated rings. The first-order valence-corrected chi connectivity index (χ1v) is 8.96. The molecular weight excluding hydrogens is 276 g/mol. The van der Waals surface area contributed by atoms with Crippen molar-refractivity contribution in [3.8, 4) is 0 Å². The zero-order chi connectivity index (χ0) is 16.1. The van der Waals surface area contributed by atoms with Gasteiger partial charge in [0.25, 0.3) is 0 Å². The average molecular weight is 308 g/mol. The second-order valence-corrected chi connectivity index (χ2v) is 8.56. The van der Waals surface area contributed by atoms with E-state index in [4.69, 9.17) is 4.74 Å². The summed E-state index contributed by atoms with van der Waals surface area (Å²) in [5, 5.41) is 0. The van der Waals surface area contributed by atoms with Gasteiger partial charge in [0.1, 0.15) is 0 Å². The van der Waals surface area contributed by atoms with Gasteiger partial charge in [0.05, 0.1) is 13.2 Å². The van der Waals surface area contributed by atoms with Gasteiger partial charge in [-0.05, 0) is 32.1 Å². The van der Waals surface area contributed by atoms with E-state index < -0.39 is 0 Å². The van der Waals surface area contributed by atoms with Crippen molar-refractivity contribution < 1.29 is 9.53 Å². The molecule has 0 aromatic heterocycles. The lowest BCUT2D eigenvalue weighted by atomic mass is 9.97. The monoisotopic (exact) mass is 308 g/mol. The molecule has 4 heteroatoms. The second-order valence-electron chi connectivity index (χ2n) is 8.56. The summed E-state index contributed by atoms with van der Waals surface area (Å²) in [5.74, 6) is 1.85. The van der Waals surface area contributed by atoms with E-state index >= 15 is 0 Å². The Hall–Kier alpha value is -0.610. The quantitative estimate of drug-likeness (QED) is 0.801. The van der Waals surface area contributed by atoms with Crippen molar-refractivity contribution in [1.29, 1.82) is 0 Å². The lowest BCUT2D eigenvalue weighted by molar-refractivity contribution is -0.139. The van der Waals surface area contributed by atoms with Crippen molar-refractivity contribution in [2.24, 2.45) is 23.2 Å². The Bertz CT molecular complexity index is 431. The van der Waals surface area contributed by atoms with Gasteiger partial charge in [-0.1, -0.05) is 20.8 Å². The average Bonchev–Trinajstić information content (AvgIpc) is 3.15. The van der Waals surface area contributed by atoms with Crippen LogP contribution < -0.4 is 0 Å². The molecule has 0 aromatic rings. The number of likely N-dealkylation sites (tertiary alicyclic amines) is 1. The molecule has 4 nitrogen and oxygen atoms in total. The highest BCUT2D eigenvalue weighted by atomic mass is 16.5. The summed E-state index contributed by atoms with van der Waals surface area (Å²) < 4.78 is 6.05. The molecule has 0 bridgehead atoms. The molecule has 0 radical (unpaired) electrons. The Morgan fingerprint density at radius 1 is 1.23 bits per heavy atom. The lowest BCUT2D eigenvalue weighted by Crippen LogP contribution is -2.51. The van der Waals surface area contributed by atoms with Crippen LogP contribution in [0.25, 0.3) is 0 Å². The summed E-state index contributed by atoms with van der Waals surface area (Å²) in [6, 6.07) is 0.978. The Morgan fingerprint density at radius 3 is 2.45 bits per heavy atom. The van der Waals surface area contributed by atoms with Crippen LogP contribution in [0.5, 0.6) is 0 Å². The predicted octanol–water partition coefficient (Wildman–Crippen LogP) is 2.24. The third-order valence-corrected chi connectivity index (χ3v) is 5.90. The summed E-state index contributed by atoms with van der Waals surface area (Å²) in [7, 11) is 0. The van der Waals surface area contributed by atoms with Gasteiger partial charge in [-0.25, -0.2) is 0 Å². The smallest absolute Gasteiger partial charge is 0.226 e. The number of amides is 1. The van der Waals surface area contributed by atoms with Crippen LogP contribution in [0.3, 0.4) is 0 Å². The van der Waals surface area contributed by atoms with Crippen molar-refractivity contribution in [3.05, 3.63) is 0 Å². The van der Waals surface area contributed by atoms with Gasteiger partial charge >= 0.3 is 0 Å². The summed E-state index contributed by atoms with van der Waals surface area (Å²) in [6.07, 6.45) is 1.02. The van der Waals surface area contributed by atoms with Crippen LogP contribution in [0.4, 0.5) is 0 Å². The molecule has 2 saturated heterocycles. The molecule has 1 aliphatic carbocycles. The summed E-state index contributed by atoms with van der Waals surface area (Å²) in [5.41, 5.74) is 0.0871. The standard InChI is InChI=1S/C18H32N2O2/c1-12(2)16-9-22-11-18(10-20(16)13(3)4)6-15(18)17(21)19-7-14(5)8-19/h12-16H,6-11H2,1-5H3. The van der Waals surface area contributed by atoms with Crippen molar-refractivity contribution in [2.75, 3.05) is 32.8 Å². The van der Waals surface area contributed by atoms with E-state index in [-0.39, 0.29) is 11.3 Å². The fourth-order valence-corrected chi connectivity index (χ4v) is 4.28. The molecule has 2 aliphatic heterocycles. The number of hydrogen-bond donors (Lipinski definition) is 0. The zero-order valence-corrected chi connectivity index (χ0v) is 14.8. The molecule has 3 aliphatic rings. The Kier molecular flexibility index (Phi) is 4.28. The molecular formula is C18H32N2O2. The van der Waals surface area contributed by atoms with Gasteiger partial charge < -0.3 is 9.64 Å².